The van der Waals surface area contributed by atoms with Gasteiger partial charge in [0.05, 0.1) is 10.0 Å². The summed E-state index contributed by atoms with van der Waals surface area (Å²) in [6.45, 7) is 1.22. The van der Waals surface area contributed by atoms with Crippen molar-refractivity contribution in [3.8, 4) is 0 Å². The standard InChI is InChI=1S/C15H18Cl2N4O4S/c1-9(22)21(26(18,24)25)7-3-6-20(2)15(23)13-8-10-12(19-13)5-4-11(16)14(10)17/h4-5,8,19H,3,6-7H2,1-2H3,(H2,18,24,25). The van der Waals surface area contributed by atoms with Crippen molar-refractivity contribution in [1.29, 1.82) is 0 Å². The Morgan fingerprint density at radius 2 is 1.88 bits per heavy atom. The molecule has 0 fully saturated rings. The van der Waals surface area contributed by atoms with Gasteiger partial charge in [0.2, 0.25) is 5.91 Å². The van der Waals surface area contributed by atoms with Crippen LogP contribution in [-0.2, 0) is 15.0 Å². The summed E-state index contributed by atoms with van der Waals surface area (Å²) in [4.78, 5) is 28.2. The summed E-state index contributed by atoms with van der Waals surface area (Å²) >= 11 is 12.1. The quantitative estimate of drug-likeness (QED) is 0.742. The molecule has 1 heterocycles. The molecule has 11 heteroatoms. The second-order valence-corrected chi connectivity index (χ2v) is 7.98. The maximum atomic E-state index is 12.5. The number of H-pyrrole nitrogens is 1. The van der Waals surface area contributed by atoms with Crippen LogP contribution in [-0.4, -0.2) is 54.6 Å². The number of nitrogens with zero attached hydrogens (tertiary/aromatic N) is 2. The summed E-state index contributed by atoms with van der Waals surface area (Å²) in [5.74, 6) is -0.984. The first-order valence-corrected chi connectivity index (χ1v) is 9.81. The Hall–Kier alpha value is -1.81. The van der Waals surface area contributed by atoms with Crippen LogP contribution in [0.2, 0.25) is 10.0 Å². The Bertz CT molecular complexity index is 958. The van der Waals surface area contributed by atoms with Gasteiger partial charge in [-0.05, 0) is 24.6 Å². The SMILES string of the molecule is CC(=O)N(CCCN(C)C(=O)c1cc2c(Cl)c(Cl)ccc2[nH]1)S(N)(=O)=O. The van der Waals surface area contributed by atoms with Crippen LogP contribution in [0.15, 0.2) is 18.2 Å². The van der Waals surface area contributed by atoms with Crippen molar-refractivity contribution in [3.63, 3.8) is 0 Å². The summed E-state index contributed by atoms with van der Waals surface area (Å²) in [6.07, 6.45) is 0.241. The van der Waals surface area contributed by atoms with Gasteiger partial charge in [-0.1, -0.05) is 23.2 Å². The van der Waals surface area contributed by atoms with Crippen molar-refractivity contribution in [2.24, 2.45) is 5.14 Å². The molecule has 0 spiro atoms. The molecular formula is C15H18Cl2N4O4S. The smallest absolute Gasteiger partial charge is 0.301 e. The predicted octanol–water partition coefficient (Wildman–Crippen LogP) is 1.99. The third kappa shape index (κ3) is 4.47. The van der Waals surface area contributed by atoms with E-state index in [1.165, 1.54) is 4.90 Å². The molecule has 8 nitrogen and oxygen atoms in total. The minimum atomic E-state index is -4.11. The number of rotatable bonds is 6. The van der Waals surface area contributed by atoms with Crippen LogP contribution in [0.25, 0.3) is 10.9 Å². The fourth-order valence-electron chi connectivity index (χ4n) is 2.48. The number of aromatic amines is 1. The highest BCUT2D eigenvalue weighted by Crippen LogP contribution is 2.31. The number of fused-ring (bicyclic) bond motifs is 1. The van der Waals surface area contributed by atoms with Crippen LogP contribution >= 0.6 is 23.2 Å². The Labute approximate surface area is 161 Å². The maximum absolute atomic E-state index is 12.5. The molecule has 0 aliphatic rings. The molecular weight excluding hydrogens is 403 g/mol. The number of halogens is 2. The van der Waals surface area contributed by atoms with E-state index in [4.69, 9.17) is 28.3 Å². The largest absolute Gasteiger partial charge is 0.350 e. The first kappa shape index (κ1) is 20.5. The van der Waals surface area contributed by atoms with Gasteiger partial charge in [0.15, 0.2) is 0 Å². The van der Waals surface area contributed by atoms with Crippen LogP contribution < -0.4 is 5.14 Å². The molecule has 0 radical (unpaired) electrons. The molecule has 0 unspecified atom stereocenters. The normalized spacial score (nSPS) is 11.6. The third-order valence-corrected chi connectivity index (χ3v) is 5.65. The van der Waals surface area contributed by atoms with Crippen molar-refractivity contribution >= 4 is 56.1 Å². The number of nitrogens with two attached hydrogens (primary N) is 1. The lowest BCUT2D eigenvalue weighted by atomic mass is 10.2. The zero-order chi connectivity index (χ0) is 19.6. The zero-order valence-corrected chi connectivity index (χ0v) is 16.5. The monoisotopic (exact) mass is 420 g/mol. The fraction of sp³-hybridized carbons (Fsp3) is 0.333. The lowest BCUT2D eigenvalue weighted by Crippen LogP contribution is -2.41. The fourth-order valence-corrected chi connectivity index (χ4v) is 3.61. The van der Waals surface area contributed by atoms with Gasteiger partial charge in [0.25, 0.3) is 5.91 Å². The van der Waals surface area contributed by atoms with E-state index in [0.717, 1.165) is 6.92 Å². The minimum absolute atomic E-state index is 0.111. The number of nitrogens with one attached hydrogen (secondary N) is 1. The molecule has 0 bridgehead atoms. The number of hydrogen-bond donors (Lipinski definition) is 2. The lowest BCUT2D eigenvalue weighted by molar-refractivity contribution is -0.124. The molecule has 1 aromatic heterocycles. The van der Waals surface area contributed by atoms with E-state index in [2.05, 4.69) is 4.98 Å². The van der Waals surface area contributed by atoms with E-state index >= 15 is 0 Å². The van der Waals surface area contributed by atoms with E-state index in [9.17, 15) is 18.0 Å². The van der Waals surface area contributed by atoms with Crippen LogP contribution in [0, 0.1) is 0 Å². The van der Waals surface area contributed by atoms with Gasteiger partial charge in [-0.2, -0.15) is 8.42 Å². The van der Waals surface area contributed by atoms with Gasteiger partial charge in [-0.15, -0.1) is 0 Å². The topological polar surface area (TPSA) is 117 Å². The van der Waals surface area contributed by atoms with E-state index in [0.29, 0.717) is 30.9 Å². The Balaban J connectivity index is 2.06. The van der Waals surface area contributed by atoms with Gasteiger partial charge >= 0.3 is 10.2 Å². The average Bonchev–Trinajstić information content (AvgIpc) is 2.97. The van der Waals surface area contributed by atoms with Crippen molar-refractivity contribution < 1.29 is 18.0 Å². The molecule has 3 N–H and O–H groups in total. The van der Waals surface area contributed by atoms with Crippen molar-refractivity contribution in [2.75, 3.05) is 20.1 Å². The van der Waals surface area contributed by atoms with E-state index in [-0.39, 0.29) is 25.4 Å². The number of carbonyl (C=O) groups is 2. The Morgan fingerprint density at radius 1 is 1.23 bits per heavy atom. The van der Waals surface area contributed by atoms with E-state index in [1.807, 2.05) is 0 Å². The van der Waals surface area contributed by atoms with Gasteiger partial charge in [0, 0.05) is 38.0 Å². The summed E-state index contributed by atoms with van der Waals surface area (Å²) in [7, 11) is -2.55. The van der Waals surface area contributed by atoms with E-state index < -0.39 is 16.1 Å². The minimum Gasteiger partial charge on any atom is -0.350 e. The van der Waals surface area contributed by atoms with E-state index in [1.54, 1.807) is 25.2 Å². The first-order valence-electron chi connectivity index (χ1n) is 7.55. The number of aromatic nitrogens is 1. The summed E-state index contributed by atoms with van der Waals surface area (Å²) in [5, 5.41) is 6.36. The molecule has 0 atom stereocenters. The van der Waals surface area contributed by atoms with Gasteiger partial charge in [-0.25, -0.2) is 9.44 Å². The molecule has 142 valence electrons. The van der Waals surface area contributed by atoms with Crippen LogP contribution in [0.1, 0.15) is 23.8 Å². The van der Waals surface area contributed by atoms with Crippen molar-refractivity contribution in [3.05, 3.63) is 33.9 Å². The molecule has 0 saturated heterocycles. The van der Waals surface area contributed by atoms with Gasteiger partial charge in [0.1, 0.15) is 5.69 Å². The number of carbonyl (C=O) groups excluding carboxylic acids is 2. The third-order valence-electron chi connectivity index (χ3n) is 3.78. The molecule has 2 aromatic rings. The number of benzene rings is 1. The summed E-state index contributed by atoms with van der Waals surface area (Å²) in [6, 6.07) is 4.95. The van der Waals surface area contributed by atoms with Crippen LogP contribution in [0.3, 0.4) is 0 Å². The highest BCUT2D eigenvalue weighted by molar-refractivity contribution is 7.87. The highest BCUT2D eigenvalue weighted by Gasteiger charge is 2.21. The van der Waals surface area contributed by atoms with Gasteiger partial charge < -0.3 is 9.88 Å². The lowest BCUT2D eigenvalue weighted by Gasteiger charge is -2.20. The summed E-state index contributed by atoms with van der Waals surface area (Å²) < 4.78 is 23.2. The zero-order valence-electron chi connectivity index (χ0n) is 14.1. The van der Waals surface area contributed by atoms with Crippen molar-refractivity contribution in [1.82, 2.24) is 14.2 Å². The van der Waals surface area contributed by atoms with Crippen LogP contribution in [0.4, 0.5) is 0 Å². The highest BCUT2D eigenvalue weighted by atomic mass is 35.5. The Kier molecular flexibility index (Phi) is 6.17. The number of amides is 2. The second-order valence-electron chi connectivity index (χ2n) is 5.72. The molecule has 0 aliphatic carbocycles. The molecule has 26 heavy (non-hydrogen) atoms. The molecule has 1 aromatic carbocycles. The van der Waals surface area contributed by atoms with Crippen LogP contribution in [0.5, 0.6) is 0 Å². The predicted molar refractivity (Wildman–Crippen MR) is 100 cm³/mol. The molecule has 0 aliphatic heterocycles. The second kappa shape index (κ2) is 7.83. The summed E-state index contributed by atoms with van der Waals surface area (Å²) in [5.41, 5.74) is 0.995. The first-order chi connectivity index (χ1) is 12.0. The molecule has 2 rings (SSSR count). The average molecular weight is 421 g/mol. The Morgan fingerprint density at radius 3 is 2.46 bits per heavy atom. The maximum Gasteiger partial charge on any atom is 0.301 e. The van der Waals surface area contributed by atoms with Gasteiger partial charge in [-0.3, -0.25) is 9.59 Å². The van der Waals surface area contributed by atoms with Crippen molar-refractivity contribution in [2.45, 2.75) is 13.3 Å². The molecule has 0 saturated carbocycles. The molecule has 2 amide bonds. The number of hydrogen-bond acceptors (Lipinski definition) is 4.